The van der Waals surface area contributed by atoms with Gasteiger partial charge in [-0.2, -0.15) is 16.7 Å². The Balaban J connectivity index is 1.82. The van der Waals surface area contributed by atoms with Crippen molar-refractivity contribution in [3.05, 3.63) is 11.7 Å². The molecule has 2 fully saturated rings. The van der Waals surface area contributed by atoms with Gasteiger partial charge in [0.1, 0.15) is 5.41 Å². The highest BCUT2D eigenvalue weighted by Crippen LogP contribution is 2.48. The minimum Gasteiger partial charge on any atom is -0.468 e. The van der Waals surface area contributed by atoms with Crippen molar-refractivity contribution < 1.29 is 14.1 Å². The van der Waals surface area contributed by atoms with Gasteiger partial charge < -0.3 is 9.26 Å². The molecule has 1 aliphatic heterocycles. The van der Waals surface area contributed by atoms with E-state index in [0.717, 1.165) is 30.9 Å². The van der Waals surface area contributed by atoms with Crippen LogP contribution in [0.2, 0.25) is 0 Å². The lowest BCUT2D eigenvalue weighted by Crippen LogP contribution is -2.33. The van der Waals surface area contributed by atoms with Crippen molar-refractivity contribution >= 4 is 17.7 Å². The minimum absolute atomic E-state index is 0.171. The van der Waals surface area contributed by atoms with E-state index < -0.39 is 5.41 Å². The molecule has 1 atom stereocenters. The number of carbonyl (C=O) groups is 1. The zero-order valence-electron chi connectivity index (χ0n) is 11.1. The summed E-state index contributed by atoms with van der Waals surface area (Å²) in [5, 5.41) is 4.06. The Hall–Kier alpha value is -1.08. The quantitative estimate of drug-likeness (QED) is 0.766. The number of aromatic nitrogens is 2. The maximum absolute atomic E-state index is 11.8. The summed E-state index contributed by atoms with van der Waals surface area (Å²) in [5.74, 6) is 2.91. The van der Waals surface area contributed by atoms with E-state index in [1.807, 2.05) is 11.8 Å². The first kappa shape index (κ1) is 12.9. The standard InChI is InChI=1S/C12H17N3O3S/c1-15-5-6-19-7-8(15)9-13-10(18-14-9)12(3-4-12)11(16)17-2/h8H,3-7H2,1-2H3. The smallest absolute Gasteiger partial charge is 0.321 e. The first-order valence-electron chi connectivity index (χ1n) is 6.38. The molecule has 104 valence electrons. The number of rotatable bonds is 3. The Bertz CT molecular complexity index is 486. The summed E-state index contributed by atoms with van der Waals surface area (Å²) in [6.07, 6.45) is 1.47. The third-order valence-electron chi connectivity index (χ3n) is 3.87. The molecule has 7 heteroatoms. The summed E-state index contributed by atoms with van der Waals surface area (Å²) < 4.78 is 10.1. The molecule has 0 spiro atoms. The van der Waals surface area contributed by atoms with Gasteiger partial charge in [0.25, 0.3) is 0 Å². The molecule has 0 radical (unpaired) electrons. The molecule has 0 aromatic carbocycles. The van der Waals surface area contributed by atoms with E-state index in [2.05, 4.69) is 22.1 Å². The Morgan fingerprint density at radius 2 is 2.37 bits per heavy atom. The number of hydrogen-bond acceptors (Lipinski definition) is 7. The summed E-state index contributed by atoms with van der Waals surface area (Å²) in [6, 6.07) is 0.171. The van der Waals surface area contributed by atoms with Crippen molar-refractivity contribution in [2.24, 2.45) is 0 Å². The van der Waals surface area contributed by atoms with E-state index >= 15 is 0 Å². The second-order valence-corrected chi connectivity index (χ2v) is 6.25. The zero-order chi connectivity index (χ0) is 13.5. The van der Waals surface area contributed by atoms with Gasteiger partial charge in [0, 0.05) is 18.1 Å². The van der Waals surface area contributed by atoms with Crippen LogP contribution in [0.25, 0.3) is 0 Å². The average molecular weight is 283 g/mol. The van der Waals surface area contributed by atoms with E-state index in [-0.39, 0.29) is 12.0 Å². The third-order valence-corrected chi connectivity index (χ3v) is 4.89. The number of ether oxygens (including phenoxy) is 1. The van der Waals surface area contributed by atoms with E-state index in [1.54, 1.807) is 0 Å². The van der Waals surface area contributed by atoms with Gasteiger partial charge in [0.05, 0.1) is 13.2 Å². The molecule has 1 saturated carbocycles. The molecular formula is C12H17N3O3S. The second-order valence-electron chi connectivity index (χ2n) is 5.10. The number of hydrogen-bond donors (Lipinski definition) is 0. The molecular weight excluding hydrogens is 266 g/mol. The highest BCUT2D eigenvalue weighted by atomic mass is 32.2. The first-order chi connectivity index (χ1) is 9.17. The van der Waals surface area contributed by atoms with Crippen LogP contribution >= 0.6 is 11.8 Å². The maximum Gasteiger partial charge on any atom is 0.321 e. The maximum atomic E-state index is 11.8. The summed E-state index contributed by atoms with van der Waals surface area (Å²) in [5.41, 5.74) is -0.666. The van der Waals surface area contributed by atoms with Crippen LogP contribution in [0.5, 0.6) is 0 Å². The molecule has 1 aromatic heterocycles. The van der Waals surface area contributed by atoms with Crippen molar-refractivity contribution in [2.45, 2.75) is 24.3 Å². The summed E-state index contributed by atoms with van der Waals surface area (Å²) >= 11 is 1.89. The van der Waals surface area contributed by atoms with Gasteiger partial charge >= 0.3 is 5.97 Å². The fourth-order valence-corrected chi connectivity index (χ4v) is 3.56. The molecule has 1 saturated heterocycles. The van der Waals surface area contributed by atoms with Gasteiger partial charge in [-0.15, -0.1) is 0 Å². The molecule has 2 aliphatic rings. The molecule has 1 aromatic rings. The first-order valence-corrected chi connectivity index (χ1v) is 7.53. The molecule has 0 N–H and O–H groups in total. The predicted octanol–water partition coefficient (Wildman–Crippen LogP) is 0.994. The predicted molar refractivity (Wildman–Crippen MR) is 69.9 cm³/mol. The molecule has 6 nitrogen and oxygen atoms in total. The SMILES string of the molecule is COC(=O)C1(c2nc(C3CSCCN3C)no2)CC1. The summed E-state index contributed by atoms with van der Waals surface area (Å²) in [7, 11) is 3.46. The zero-order valence-corrected chi connectivity index (χ0v) is 11.9. The highest BCUT2D eigenvalue weighted by Gasteiger charge is 2.57. The van der Waals surface area contributed by atoms with E-state index in [9.17, 15) is 4.79 Å². The van der Waals surface area contributed by atoms with E-state index in [4.69, 9.17) is 9.26 Å². The Morgan fingerprint density at radius 1 is 1.58 bits per heavy atom. The van der Waals surface area contributed by atoms with Crippen molar-refractivity contribution in [2.75, 3.05) is 32.2 Å². The number of nitrogens with zero attached hydrogens (tertiary/aromatic N) is 3. The molecule has 1 unspecified atom stereocenters. The largest absolute Gasteiger partial charge is 0.468 e. The minimum atomic E-state index is -0.666. The van der Waals surface area contributed by atoms with Crippen LogP contribution in [0.4, 0.5) is 0 Å². The van der Waals surface area contributed by atoms with Crippen LogP contribution < -0.4 is 0 Å². The van der Waals surface area contributed by atoms with Gasteiger partial charge in [0.2, 0.25) is 5.89 Å². The topological polar surface area (TPSA) is 68.5 Å². The highest BCUT2D eigenvalue weighted by molar-refractivity contribution is 7.99. The fraction of sp³-hybridized carbons (Fsp3) is 0.750. The van der Waals surface area contributed by atoms with Gasteiger partial charge in [-0.3, -0.25) is 9.69 Å². The van der Waals surface area contributed by atoms with Gasteiger partial charge in [-0.1, -0.05) is 5.16 Å². The lowest BCUT2D eigenvalue weighted by atomic mass is 10.1. The average Bonchev–Trinajstić information content (AvgIpc) is 3.10. The number of carbonyl (C=O) groups excluding carboxylic acids is 1. The Kier molecular flexibility index (Phi) is 3.26. The number of methoxy groups -OCH3 is 1. The molecule has 19 heavy (non-hydrogen) atoms. The molecule has 1 aliphatic carbocycles. The van der Waals surface area contributed by atoms with E-state index in [0.29, 0.717) is 11.7 Å². The number of thioether (sulfide) groups is 1. The van der Waals surface area contributed by atoms with Crippen LogP contribution in [0.3, 0.4) is 0 Å². The molecule has 0 amide bonds. The Morgan fingerprint density at radius 3 is 3.00 bits per heavy atom. The van der Waals surface area contributed by atoms with Gasteiger partial charge in [-0.05, 0) is 19.9 Å². The van der Waals surface area contributed by atoms with Crippen molar-refractivity contribution in [1.29, 1.82) is 0 Å². The molecule has 0 bridgehead atoms. The van der Waals surface area contributed by atoms with Crippen LogP contribution in [0, 0.1) is 0 Å². The normalized spacial score (nSPS) is 26.1. The third kappa shape index (κ3) is 2.14. The van der Waals surface area contributed by atoms with Crippen molar-refractivity contribution in [3.63, 3.8) is 0 Å². The summed E-state index contributed by atoms with van der Waals surface area (Å²) in [4.78, 5) is 18.5. The molecule has 3 rings (SSSR count). The lowest BCUT2D eigenvalue weighted by Gasteiger charge is -2.29. The van der Waals surface area contributed by atoms with Crippen LogP contribution in [0.15, 0.2) is 4.52 Å². The summed E-state index contributed by atoms with van der Waals surface area (Å²) in [6.45, 7) is 1.02. The van der Waals surface area contributed by atoms with Gasteiger partial charge in [-0.25, -0.2) is 0 Å². The number of esters is 1. The second kappa shape index (κ2) is 4.79. The monoisotopic (exact) mass is 283 g/mol. The fourth-order valence-electron chi connectivity index (χ4n) is 2.35. The molecule has 2 heterocycles. The van der Waals surface area contributed by atoms with Crippen molar-refractivity contribution in [1.82, 2.24) is 15.0 Å². The van der Waals surface area contributed by atoms with Gasteiger partial charge in [0.15, 0.2) is 5.82 Å². The van der Waals surface area contributed by atoms with Crippen molar-refractivity contribution in [3.8, 4) is 0 Å². The van der Waals surface area contributed by atoms with Crippen LogP contribution in [-0.4, -0.2) is 53.2 Å². The van der Waals surface area contributed by atoms with E-state index in [1.165, 1.54) is 7.11 Å². The van der Waals surface area contributed by atoms with Crippen LogP contribution in [0.1, 0.15) is 30.6 Å². The lowest BCUT2D eigenvalue weighted by molar-refractivity contribution is -0.144. The van der Waals surface area contributed by atoms with Crippen LogP contribution in [-0.2, 0) is 14.9 Å². The Labute approximate surface area is 115 Å².